The van der Waals surface area contributed by atoms with Crippen LogP contribution in [0.1, 0.15) is 5.56 Å². The third kappa shape index (κ3) is 6.36. The molecule has 0 bridgehead atoms. The second-order valence-corrected chi connectivity index (χ2v) is 7.81. The average molecular weight is 477 g/mol. The van der Waals surface area contributed by atoms with Gasteiger partial charge in [0.15, 0.2) is 0 Å². The SMILES string of the molecule is C=CC(=O)Oc1ccc(-c2ccc(COc3ccc(-c4ccc(OC(=O)C=C)cc4)cc3)cc2)cc1. The fourth-order valence-electron chi connectivity index (χ4n) is 3.45. The summed E-state index contributed by atoms with van der Waals surface area (Å²) < 4.78 is 16.2. The summed E-state index contributed by atoms with van der Waals surface area (Å²) >= 11 is 0. The Balaban J connectivity index is 1.32. The summed E-state index contributed by atoms with van der Waals surface area (Å²) in [6, 6.07) is 30.5. The van der Waals surface area contributed by atoms with E-state index in [0.29, 0.717) is 18.1 Å². The lowest BCUT2D eigenvalue weighted by atomic mass is 10.0. The molecule has 4 rings (SSSR count). The van der Waals surface area contributed by atoms with Crippen LogP contribution in [0.3, 0.4) is 0 Å². The van der Waals surface area contributed by atoms with Crippen LogP contribution in [0.4, 0.5) is 0 Å². The van der Waals surface area contributed by atoms with Gasteiger partial charge in [-0.2, -0.15) is 0 Å². The topological polar surface area (TPSA) is 61.8 Å². The fraction of sp³-hybridized carbons (Fsp3) is 0.0323. The van der Waals surface area contributed by atoms with Gasteiger partial charge >= 0.3 is 11.9 Å². The van der Waals surface area contributed by atoms with Crippen LogP contribution in [0, 0.1) is 0 Å². The third-order valence-corrected chi connectivity index (χ3v) is 5.36. The Morgan fingerprint density at radius 2 is 0.861 bits per heavy atom. The van der Waals surface area contributed by atoms with Gasteiger partial charge in [-0.3, -0.25) is 0 Å². The Labute approximate surface area is 209 Å². The average Bonchev–Trinajstić information content (AvgIpc) is 2.93. The Morgan fingerprint density at radius 3 is 1.22 bits per heavy atom. The van der Waals surface area contributed by atoms with Crippen molar-refractivity contribution in [2.24, 2.45) is 0 Å². The van der Waals surface area contributed by atoms with Crippen molar-refractivity contribution in [1.29, 1.82) is 0 Å². The van der Waals surface area contributed by atoms with E-state index in [2.05, 4.69) is 13.2 Å². The molecule has 0 spiro atoms. The van der Waals surface area contributed by atoms with E-state index in [1.54, 1.807) is 24.3 Å². The lowest BCUT2D eigenvalue weighted by Crippen LogP contribution is -2.02. The van der Waals surface area contributed by atoms with Gasteiger partial charge in [-0.1, -0.05) is 73.8 Å². The molecule has 0 saturated carbocycles. The molecule has 5 heteroatoms. The molecule has 0 N–H and O–H groups in total. The highest BCUT2D eigenvalue weighted by atomic mass is 16.5. The largest absolute Gasteiger partial charge is 0.489 e. The number of carbonyl (C=O) groups is 2. The summed E-state index contributed by atoms with van der Waals surface area (Å²) in [7, 11) is 0. The number of esters is 2. The molecule has 0 saturated heterocycles. The molecule has 0 fully saturated rings. The molecular weight excluding hydrogens is 452 g/mol. The summed E-state index contributed by atoms with van der Waals surface area (Å²) in [4.78, 5) is 22.6. The van der Waals surface area contributed by atoms with Gasteiger partial charge in [0.1, 0.15) is 23.9 Å². The normalized spacial score (nSPS) is 10.2. The van der Waals surface area contributed by atoms with Crippen molar-refractivity contribution in [3.63, 3.8) is 0 Å². The summed E-state index contributed by atoms with van der Waals surface area (Å²) in [6.07, 6.45) is 2.26. The quantitative estimate of drug-likeness (QED) is 0.151. The molecule has 0 aliphatic carbocycles. The molecular formula is C31H24O5. The Bertz CT molecular complexity index is 1240. The number of carbonyl (C=O) groups excluding carboxylic acids is 2. The van der Waals surface area contributed by atoms with Crippen LogP contribution in [0.2, 0.25) is 0 Å². The molecule has 0 atom stereocenters. The maximum atomic E-state index is 11.3. The van der Waals surface area contributed by atoms with Gasteiger partial charge in [0.05, 0.1) is 0 Å². The molecule has 0 aromatic heterocycles. The van der Waals surface area contributed by atoms with Crippen LogP contribution < -0.4 is 14.2 Å². The number of ether oxygens (including phenoxy) is 3. The molecule has 5 nitrogen and oxygen atoms in total. The van der Waals surface area contributed by atoms with Gasteiger partial charge in [0.25, 0.3) is 0 Å². The maximum Gasteiger partial charge on any atom is 0.335 e. The van der Waals surface area contributed by atoms with E-state index in [-0.39, 0.29) is 0 Å². The standard InChI is InChI=1S/C31H24O5/c1-3-30(32)35-28-17-11-25(12-18-28)23-7-5-22(6-8-23)21-34-27-15-9-24(10-16-27)26-13-19-29(20-14-26)36-31(33)4-2/h3-20H,1-2,21H2. The minimum Gasteiger partial charge on any atom is -0.489 e. The van der Waals surface area contributed by atoms with Gasteiger partial charge in [0, 0.05) is 12.2 Å². The van der Waals surface area contributed by atoms with E-state index < -0.39 is 11.9 Å². The summed E-state index contributed by atoms with van der Waals surface area (Å²) in [6.45, 7) is 7.23. The molecule has 4 aromatic carbocycles. The lowest BCUT2D eigenvalue weighted by Gasteiger charge is -2.09. The zero-order valence-corrected chi connectivity index (χ0v) is 19.6. The molecule has 36 heavy (non-hydrogen) atoms. The first-order chi connectivity index (χ1) is 17.5. The predicted octanol–water partition coefficient (Wildman–Crippen LogP) is 6.78. The predicted molar refractivity (Wildman–Crippen MR) is 140 cm³/mol. The van der Waals surface area contributed by atoms with Crippen LogP contribution in [-0.2, 0) is 16.2 Å². The smallest absolute Gasteiger partial charge is 0.335 e. The zero-order chi connectivity index (χ0) is 25.3. The van der Waals surface area contributed by atoms with Crippen LogP contribution in [0.15, 0.2) is 122 Å². The second kappa shape index (κ2) is 11.5. The Kier molecular flexibility index (Phi) is 7.73. The first kappa shape index (κ1) is 24.2. The minimum atomic E-state index is -0.485. The van der Waals surface area contributed by atoms with Gasteiger partial charge in [0.2, 0.25) is 0 Å². The number of rotatable bonds is 9. The van der Waals surface area contributed by atoms with Crippen molar-refractivity contribution in [1.82, 2.24) is 0 Å². The summed E-state index contributed by atoms with van der Waals surface area (Å²) in [5.74, 6) is 0.751. The maximum absolute atomic E-state index is 11.3. The molecule has 178 valence electrons. The van der Waals surface area contributed by atoms with Crippen LogP contribution in [0.5, 0.6) is 17.2 Å². The second-order valence-electron chi connectivity index (χ2n) is 7.81. The fourth-order valence-corrected chi connectivity index (χ4v) is 3.45. The Hall–Kier alpha value is -4.90. The first-order valence-electron chi connectivity index (χ1n) is 11.3. The van der Waals surface area contributed by atoms with Crippen molar-refractivity contribution in [3.05, 3.63) is 128 Å². The highest BCUT2D eigenvalue weighted by Crippen LogP contribution is 2.26. The third-order valence-electron chi connectivity index (χ3n) is 5.36. The molecule has 0 amide bonds. The first-order valence-corrected chi connectivity index (χ1v) is 11.3. The lowest BCUT2D eigenvalue weighted by molar-refractivity contribution is -0.129. The number of benzene rings is 4. The summed E-state index contributed by atoms with van der Waals surface area (Å²) in [5, 5.41) is 0. The van der Waals surface area contributed by atoms with Crippen molar-refractivity contribution < 1.29 is 23.8 Å². The van der Waals surface area contributed by atoms with Crippen molar-refractivity contribution >= 4 is 11.9 Å². The van der Waals surface area contributed by atoms with Crippen molar-refractivity contribution in [2.45, 2.75) is 6.61 Å². The molecule has 0 radical (unpaired) electrons. The van der Waals surface area contributed by atoms with E-state index in [4.69, 9.17) is 14.2 Å². The van der Waals surface area contributed by atoms with Crippen LogP contribution >= 0.6 is 0 Å². The van der Waals surface area contributed by atoms with Gasteiger partial charge < -0.3 is 14.2 Å². The zero-order valence-electron chi connectivity index (χ0n) is 19.6. The van der Waals surface area contributed by atoms with Crippen LogP contribution in [-0.4, -0.2) is 11.9 Å². The van der Waals surface area contributed by atoms with Crippen molar-refractivity contribution in [2.75, 3.05) is 0 Å². The summed E-state index contributed by atoms with van der Waals surface area (Å²) in [5.41, 5.74) is 5.14. The highest BCUT2D eigenvalue weighted by molar-refractivity contribution is 5.84. The molecule has 0 unspecified atom stereocenters. The minimum absolute atomic E-state index is 0.444. The van der Waals surface area contributed by atoms with E-state index in [9.17, 15) is 9.59 Å². The molecule has 4 aromatic rings. The van der Waals surface area contributed by atoms with Gasteiger partial charge in [-0.05, 0) is 64.2 Å². The number of hydrogen-bond donors (Lipinski definition) is 0. The highest BCUT2D eigenvalue weighted by Gasteiger charge is 2.05. The molecule has 0 aliphatic heterocycles. The van der Waals surface area contributed by atoms with E-state index >= 15 is 0 Å². The molecule has 0 heterocycles. The monoisotopic (exact) mass is 476 g/mol. The van der Waals surface area contributed by atoms with Crippen LogP contribution in [0.25, 0.3) is 22.3 Å². The van der Waals surface area contributed by atoms with Gasteiger partial charge in [-0.15, -0.1) is 0 Å². The van der Waals surface area contributed by atoms with E-state index in [1.165, 1.54) is 0 Å². The van der Waals surface area contributed by atoms with Gasteiger partial charge in [-0.25, -0.2) is 9.59 Å². The van der Waals surface area contributed by atoms with E-state index in [0.717, 1.165) is 45.7 Å². The van der Waals surface area contributed by atoms with E-state index in [1.807, 2.05) is 72.8 Å². The number of hydrogen-bond acceptors (Lipinski definition) is 5. The Morgan fingerprint density at radius 1 is 0.528 bits per heavy atom. The molecule has 0 aliphatic rings. The van der Waals surface area contributed by atoms with Crippen molar-refractivity contribution in [3.8, 4) is 39.5 Å².